The number of carbonyl (C=O) groups excluding carboxylic acids is 3. The van der Waals surface area contributed by atoms with Crippen molar-refractivity contribution in [2.24, 2.45) is 0 Å². The van der Waals surface area contributed by atoms with Crippen molar-refractivity contribution in [2.75, 3.05) is 14.1 Å². The van der Waals surface area contributed by atoms with Crippen LogP contribution in [0.15, 0.2) is 0 Å². The van der Waals surface area contributed by atoms with Gasteiger partial charge >= 0.3 is 12.7 Å². The minimum absolute atomic E-state index is 0.0133. The molecule has 0 spiro atoms. The van der Waals surface area contributed by atoms with Gasteiger partial charge in [0.2, 0.25) is 12.8 Å². The van der Waals surface area contributed by atoms with Crippen LogP contribution in [-0.2, 0) is 14.2 Å². The van der Waals surface area contributed by atoms with Crippen LogP contribution in [0, 0.1) is 0 Å². The molecule has 0 radical (unpaired) electrons. The third-order valence-corrected chi connectivity index (χ3v) is 10.2. The molecule has 0 aliphatic rings. The van der Waals surface area contributed by atoms with E-state index < -0.39 is 16.6 Å². The summed E-state index contributed by atoms with van der Waals surface area (Å²) in [6, 6.07) is -1.08. The first-order valence-corrected chi connectivity index (χ1v) is 10.2. The first kappa shape index (κ1) is 22.0. The number of alkyl halides is 3. The number of imide groups is 3. The Kier molecular flexibility index (Phi) is 8.76. The van der Waals surface area contributed by atoms with Crippen LogP contribution in [-0.4, -0.2) is 56.4 Å². The molecule has 0 aliphatic heterocycles. The number of hydrogen-bond donors (Lipinski definition) is 0. The minimum atomic E-state index is -3.75. The molecule has 0 N–H and O–H groups in total. The molecular weight excluding hydrogens is 396 g/mol. The zero-order chi connectivity index (χ0) is 17.7. The lowest BCUT2D eigenvalue weighted by molar-refractivity contribution is -0.126. The molecule has 2 atom stereocenters. The fourth-order valence-corrected chi connectivity index (χ4v) is 7.70. The van der Waals surface area contributed by atoms with Crippen molar-refractivity contribution in [2.45, 2.75) is 29.4 Å². The van der Waals surface area contributed by atoms with Crippen LogP contribution >= 0.6 is 52.8 Å². The summed E-state index contributed by atoms with van der Waals surface area (Å²) >= 11 is 18.2. The molecule has 0 bridgehead atoms. The summed E-state index contributed by atoms with van der Waals surface area (Å²) in [5, 5.41) is -0.128. The zero-order valence-corrected chi connectivity index (χ0v) is 16.4. The molecule has 0 saturated carbocycles. The summed E-state index contributed by atoms with van der Waals surface area (Å²) in [4.78, 5) is 33.7. The van der Waals surface area contributed by atoms with Crippen LogP contribution in [0.3, 0.4) is 0 Å². The van der Waals surface area contributed by atoms with Crippen LogP contribution in [0.4, 0.5) is 4.79 Å². The number of rotatable bonds is 7. The maximum Gasteiger partial charge on any atom is 0.339 e. The van der Waals surface area contributed by atoms with Gasteiger partial charge in [-0.3, -0.25) is 18.8 Å². The Morgan fingerprint density at radius 3 is 2.05 bits per heavy atom. The van der Waals surface area contributed by atoms with Crippen LogP contribution in [0.5, 0.6) is 0 Å². The predicted octanol–water partition coefficient (Wildman–Crippen LogP) is 3.55. The van der Waals surface area contributed by atoms with Crippen LogP contribution in [0.1, 0.15) is 20.3 Å². The molecule has 0 saturated heterocycles. The zero-order valence-electron chi connectivity index (χ0n) is 12.4. The second kappa shape index (κ2) is 8.76. The molecule has 7 nitrogen and oxygen atoms in total. The van der Waals surface area contributed by atoms with Gasteiger partial charge in [-0.25, -0.2) is 9.69 Å². The maximum absolute atomic E-state index is 13.3. The van der Waals surface area contributed by atoms with Gasteiger partial charge in [-0.05, 0) is 13.5 Å². The average Bonchev–Trinajstić information content (AvgIpc) is 2.45. The highest BCUT2D eigenvalue weighted by Crippen LogP contribution is 2.68. The largest absolute Gasteiger partial charge is 0.339 e. The van der Waals surface area contributed by atoms with Crippen molar-refractivity contribution < 1.29 is 18.9 Å². The SMILES string of the molecule is CCC(C)SP(=O)(N(C)C(=O)N(C=O)C=O)N(C)C(Cl)(Cl)Cl. The van der Waals surface area contributed by atoms with Crippen molar-refractivity contribution in [3.8, 4) is 0 Å². The lowest BCUT2D eigenvalue weighted by Gasteiger charge is -2.38. The third kappa shape index (κ3) is 5.28. The summed E-state index contributed by atoms with van der Waals surface area (Å²) in [7, 11) is 2.45. The Morgan fingerprint density at radius 1 is 1.27 bits per heavy atom. The Labute approximate surface area is 148 Å². The molecule has 0 rings (SSSR count). The van der Waals surface area contributed by atoms with Gasteiger partial charge < -0.3 is 0 Å². The van der Waals surface area contributed by atoms with Gasteiger partial charge in [0.15, 0.2) is 0 Å². The monoisotopic (exact) mass is 411 g/mol. The highest BCUT2D eigenvalue weighted by Gasteiger charge is 2.47. The second-order valence-corrected chi connectivity index (χ2v) is 11.7. The predicted molar refractivity (Wildman–Crippen MR) is 90.1 cm³/mol. The molecule has 0 aromatic carbocycles. The highest BCUT2D eigenvalue weighted by atomic mass is 35.6. The van der Waals surface area contributed by atoms with Crippen molar-refractivity contribution in [3.05, 3.63) is 0 Å². The van der Waals surface area contributed by atoms with Gasteiger partial charge in [0.05, 0.1) is 0 Å². The quantitative estimate of drug-likeness (QED) is 0.275. The van der Waals surface area contributed by atoms with E-state index in [0.29, 0.717) is 6.42 Å². The lowest BCUT2D eigenvalue weighted by atomic mass is 10.4. The Balaban J connectivity index is 5.76. The standard InChI is InChI=1S/C10H17Cl3N3O4PS/c1-5-8(2)22-21(20,15(4)10(11,12)13)14(3)9(19)16(6-17)7-18/h6-8H,5H2,1-4H3. The minimum Gasteiger partial charge on any atom is -0.278 e. The van der Waals surface area contributed by atoms with Gasteiger partial charge in [-0.15, -0.1) is 0 Å². The number of amides is 4. The molecule has 4 amide bonds. The lowest BCUT2D eigenvalue weighted by Crippen LogP contribution is -2.42. The molecule has 128 valence electrons. The molecule has 12 heteroatoms. The number of nitrogens with zero attached hydrogens (tertiary/aromatic N) is 3. The maximum atomic E-state index is 13.3. The van der Waals surface area contributed by atoms with E-state index in [1.807, 2.05) is 6.92 Å². The van der Waals surface area contributed by atoms with Gasteiger partial charge in [-0.1, -0.05) is 60.0 Å². The topological polar surface area (TPSA) is 78.0 Å². The fourth-order valence-electron chi connectivity index (χ4n) is 1.19. The second-order valence-electron chi connectivity index (χ2n) is 4.23. The molecule has 0 heterocycles. The van der Waals surface area contributed by atoms with Crippen molar-refractivity contribution >= 4 is 71.7 Å². The summed E-state index contributed by atoms with van der Waals surface area (Å²) < 4.78 is 12.9. The van der Waals surface area contributed by atoms with Gasteiger partial charge in [-0.2, -0.15) is 4.67 Å². The van der Waals surface area contributed by atoms with E-state index in [0.717, 1.165) is 20.7 Å². The molecule has 0 fully saturated rings. The first-order chi connectivity index (χ1) is 9.95. The van der Waals surface area contributed by atoms with Gasteiger partial charge in [0, 0.05) is 12.3 Å². The normalized spacial score (nSPS) is 15.8. The number of urea groups is 1. The Hall–Kier alpha value is 0.0200. The number of hydrogen-bond acceptors (Lipinski definition) is 5. The molecule has 0 aliphatic carbocycles. The summed E-state index contributed by atoms with van der Waals surface area (Å²) in [6.07, 6.45) is 0.675. The van der Waals surface area contributed by atoms with E-state index >= 15 is 0 Å². The highest BCUT2D eigenvalue weighted by molar-refractivity contribution is 8.57. The fraction of sp³-hybridized carbons (Fsp3) is 0.700. The van der Waals surface area contributed by atoms with E-state index in [2.05, 4.69) is 0 Å². The van der Waals surface area contributed by atoms with Crippen LogP contribution in [0.2, 0.25) is 0 Å². The van der Waals surface area contributed by atoms with Crippen molar-refractivity contribution in [1.29, 1.82) is 0 Å². The summed E-state index contributed by atoms with van der Waals surface area (Å²) in [5.41, 5.74) is 0. The van der Waals surface area contributed by atoms with Gasteiger partial charge in [0.1, 0.15) is 0 Å². The number of carbonyl (C=O) groups is 3. The van der Waals surface area contributed by atoms with E-state index in [1.165, 1.54) is 14.1 Å². The van der Waals surface area contributed by atoms with Gasteiger partial charge in [0.25, 0.3) is 3.92 Å². The van der Waals surface area contributed by atoms with E-state index in [-0.39, 0.29) is 23.0 Å². The smallest absolute Gasteiger partial charge is 0.278 e. The van der Waals surface area contributed by atoms with Crippen molar-refractivity contribution in [3.63, 3.8) is 0 Å². The molecule has 0 aromatic heterocycles. The van der Waals surface area contributed by atoms with Crippen LogP contribution in [0.25, 0.3) is 0 Å². The summed E-state index contributed by atoms with van der Waals surface area (Å²) in [6.45, 7) is -0.0993. The molecule has 2 unspecified atom stereocenters. The Bertz CT molecular complexity index is 469. The molecule has 22 heavy (non-hydrogen) atoms. The molecular formula is C10H17Cl3N3O4PS. The van der Waals surface area contributed by atoms with Crippen LogP contribution < -0.4 is 0 Å². The van der Waals surface area contributed by atoms with Crippen molar-refractivity contribution in [1.82, 2.24) is 14.2 Å². The third-order valence-electron chi connectivity index (χ3n) is 2.74. The van der Waals surface area contributed by atoms with E-state index in [1.54, 1.807) is 6.92 Å². The average molecular weight is 413 g/mol. The summed E-state index contributed by atoms with van der Waals surface area (Å²) in [5.74, 6) is 0. The Morgan fingerprint density at radius 2 is 1.73 bits per heavy atom. The molecule has 0 aromatic rings. The number of halogens is 3. The van der Waals surface area contributed by atoms with E-state index in [9.17, 15) is 18.9 Å². The van der Waals surface area contributed by atoms with E-state index in [4.69, 9.17) is 34.8 Å². The first-order valence-electron chi connectivity index (χ1n) is 6.02.